The van der Waals surface area contributed by atoms with Crippen LogP contribution in [-0.2, 0) is 9.47 Å². The summed E-state index contributed by atoms with van der Waals surface area (Å²) >= 11 is 0. The van der Waals surface area contributed by atoms with Gasteiger partial charge in [0.1, 0.15) is 0 Å². The standard InChI is InChI=1S/C13H22O2/c1-11-7-5-6-10-13(14-11)15-12-8-3-2-4-9-12/h6,10-13H,2-5,7-9H2,1H3/t11-,13+/m1/s1. The molecule has 0 unspecified atom stereocenters. The molecule has 0 aromatic rings. The number of rotatable bonds is 2. The molecule has 0 spiro atoms. The highest BCUT2D eigenvalue weighted by atomic mass is 16.7. The van der Waals surface area contributed by atoms with E-state index in [1.807, 2.05) is 0 Å². The van der Waals surface area contributed by atoms with Gasteiger partial charge in [0, 0.05) is 0 Å². The molecule has 1 saturated carbocycles. The summed E-state index contributed by atoms with van der Waals surface area (Å²) in [5.41, 5.74) is 0. The molecule has 0 amide bonds. The maximum atomic E-state index is 5.97. The van der Waals surface area contributed by atoms with Gasteiger partial charge in [0.15, 0.2) is 6.29 Å². The second kappa shape index (κ2) is 5.66. The molecule has 0 N–H and O–H groups in total. The molecule has 2 aliphatic rings. The van der Waals surface area contributed by atoms with Gasteiger partial charge in [-0.2, -0.15) is 0 Å². The predicted octanol–water partition coefficient (Wildman–Crippen LogP) is 3.42. The fourth-order valence-electron chi connectivity index (χ4n) is 2.35. The van der Waals surface area contributed by atoms with Gasteiger partial charge < -0.3 is 9.47 Å². The lowest BCUT2D eigenvalue weighted by Gasteiger charge is -2.27. The molecule has 0 radical (unpaired) electrons. The summed E-state index contributed by atoms with van der Waals surface area (Å²) in [7, 11) is 0. The van der Waals surface area contributed by atoms with Crippen LogP contribution in [0.2, 0.25) is 0 Å². The molecular weight excluding hydrogens is 188 g/mol. The van der Waals surface area contributed by atoms with E-state index in [-0.39, 0.29) is 6.29 Å². The normalized spacial score (nSPS) is 33.9. The first kappa shape index (κ1) is 11.2. The molecule has 0 bridgehead atoms. The summed E-state index contributed by atoms with van der Waals surface area (Å²) in [5.74, 6) is 0. The smallest absolute Gasteiger partial charge is 0.177 e. The average Bonchev–Trinajstić information content (AvgIpc) is 2.44. The van der Waals surface area contributed by atoms with Crippen molar-refractivity contribution < 1.29 is 9.47 Å². The quantitative estimate of drug-likeness (QED) is 0.650. The van der Waals surface area contributed by atoms with Crippen LogP contribution in [0.3, 0.4) is 0 Å². The van der Waals surface area contributed by atoms with Gasteiger partial charge in [-0.1, -0.05) is 25.3 Å². The first-order valence-electron chi connectivity index (χ1n) is 6.32. The third-order valence-corrected chi connectivity index (χ3v) is 3.28. The summed E-state index contributed by atoms with van der Waals surface area (Å²) in [6.07, 6.45) is 13.6. The van der Waals surface area contributed by atoms with E-state index in [9.17, 15) is 0 Å². The van der Waals surface area contributed by atoms with Gasteiger partial charge in [-0.3, -0.25) is 0 Å². The van der Waals surface area contributed by atoms with Crippen LogP contribution in [0.1, 0.15) is 51.9 Å². The Labute approximate surface area is 92.6 Å². The van der Waals surface area contributed by atoms with Gasteiger partial charge >= 0.3 is 0 Å². The maximum absolute atomic E-state index is 5.97. The van der Waals surface area contributed by atoms with E-state index in [4.69, 9.17) is 9.47 Å². The molecule has 1 fully saturated rings. The Balaban J connectivity index is 1.80. The second-order valence-corrected chi connectivity index (χ2v) is 4.72. The average molecular weight is 210 g/mol. The summed E-state index contributed by atoms with van der Waals surface area (Å²) in [6.45, 7) is 2.13. The van der Waals surface area contributed by atoms with Crippen LogP contribution in [-0.4, -0.2) is 18.5 Å². The topological polar surface area (TPSA) is 18.5 Å². The molecule has 1 heterocycles. The first-order valence-corrected chi connectivity index (χ1v) is 6.32. The highest BCUT2D eigenvalue weighted by molar-refractivity contribution is 4.89. The largest absolute Gasteiger partial charge is 0.346 e. The fraction of sp³-hybridized carbons (Fsp3) is 0.846. The van der Waals surface area contributed by atoms with Gasteiger partial charge in [0.25, 0.3) is 0 Å². The number of ether oxygens (including phenoxy) is 2. The van der Waals surface area contributed by atoms with Gasteiger partial charge in [-0.25, -0.2) is 0 Å². The third-order valence-electron chi connectivity index (χ3n) is 3.28. The first-order chi connectivity index (χ1) is 7.34. The SMILES string of the molecule is C[C@@H]1CCC=C[C@H](OC2CCCCC2)O1. The van der Waals surface area contributed by atoms with E-state index < -0.39 is 0 Å². The Morgan fingerprint density at radius 3 is 2.73 bits per heavy atom. The van der Waals surface area contributed by atoms with Crippen molar-refractivity contribution >= 4 is 0 Å². The highest BCUT2D eigenvalue weighted by Crippen LogP contribution is 2.23. The predicted molar refractivity (Wildman–Crippen MR) is 60.7 cm³/mol. The number of allylic oxidation sites excluding steroid dienone is 1. The Bertz CT molecular complexity index is 207. The Hall–Kier alpha value is -0.340. The van der Waals surface area contributed by atoms with Crippen LogP contribution in [0.4, 0.5) is 0 Å². The molecule has 2 atom stereocenters. The molecule has 0 aromatic heterocycles. The molecule has 2 nitrogen and oxygen atoms in total. The summed E-state index contributed by atoms with van der Waals surface area (Å²) < 4.78 is 11.8. The van der Waals surface area contributed by atoms with Crippen LogP contribution in [0, 0.1) is 0 Å². The Morgan fingerprint density at radius 1 is 1.13 bits per heavy atom. The Morgan fingerprint density at radius 2 is 1.93 bits per heavy atom. The molecule has 15 heavy (non-hydrogen) atoms. The lowest BCUT2D eigenvalue weighted by atomic mass is 9.98. The van der Waals surface area contributed by atoms with Crippen molar-refractivity contribution in [3.8, 4) is 0 Å². The van der Waals surface area contributed by atoms with E-state index in [0.717, 1.165) is 12.8 Å². The van der Waals surface area contributed by atoms with Crippen LogP contribution in [0.5, 0.6) is 0 Å². The fourth-order valence-corrected chi connectivity index (χ4v) is 2.35. The van der Waals surface area contributed by atoms with Crippen molar-refractivity contribution in [1.29, 1.82) is 0 Å². The minimum Gasteiger partial charge on any atom is -0.346 e. The second-order valence-electron chi connectivity index (χ2n) is 4.72. The van der Waals surface area contributed by atoms with Crippen molar-refractivity contribution in [3.05, 3.63) is 12.2 Å². The molecular formula is C13H22O2. The minimum atomic E-state index is -0.0920. The lowest BCUT2D eigenvalue weighted by Crippen LogP contribution is -2.27. The highest BCUT2D eigenvalue weighted by Gasteiger charge is 2.20. The van der Waals surface area contributed by atoms with Crippen LogP contribution in [0.25, 0.3) is 0 Å². The third kappa shape index (κ3) is 3.62. The van der Waals surface area contributed by atoms with E-state index in [1.165, 1.54) is 32.1 Å². The zero-order valence-electron chi connectivity index (χ0n) is 9.65. The molecule has 1 aliphatic carbocycles. The lowest BCUT2D eigenvalue weighted by molar-refractivity contribution is -0.168. The Kier molecular flexibility index (Phi) is 4.21. The monoisotopic (exact) mass is 210 g/mol. The van der Waals surface area contributed by atoms with Crippen LogP contribution in [0.15, 0.2) is 12.2 Å². The molecule has 0 aromatic carbocycles. The molecule has 2 heteroatoms. The molecule has 86 valence electrons. The summed E-state index contributed by atoms with van der Waals surface area (Å²) in [4.78, 5) is 0. The van der Waals surface area contributed by atoms with Gasteiger partial charge in [-0.15, -0.1) is 0 Å². The van der Waals surface area contributed by atoms with Crippen molar-refractivity contribution in [1.82, 2.24) is 0 Å². The zero-order chi connectivity index (χ0) is 10.5. The van der Waals surface area contributed by atoms with E-state index in [0.29, 0.717) is 12.2 Å². The van der Waals surface area contributed by atoms with E-state index >= 15 is 0 Å². The van der Waals surface area contributed by atoms with E-state index in [2.05, 4.69) is 19.1 Å². The van der Waals surface area contributed by atoms with Crippen molar-refractivity contribution in [2.45, 2.75) is 70.4 Å². The molecule has 2 rings (SSSR count). The number of hydrogen-bond acceptors (Lipinski definition) is 2. The van der Waals surface area contributed by atoms with Crippen LogP contribution >= 0.6 is 0 Å². The molecule has 0 saturated heterocycles. The molecule has 1 aliphatic heterocycles. The zero-order valence-corrected chi connectivity index (χ0v) is 9.65. The van der Waals surface area contributed by atoms with Gasteiger partial charge in [-0.05, 0) is 38.7 Å². The number of hydrogen-bond donors (Lipinski definition) is 0. The van der Waals surface area contributed by atoms with Crippen LogP contribution < -0.4 is 0 Å². The summed E-state index contributed by atoms with van der Waals surface area (Å²) in [6, 6.07) is 0. The van der Waals surface area contributed by atoms with Crippen molar-refractivity contribution in [3.63, 3.8) is 0 Å². The maximum Gasteiger partial charge on any atom is 0.177 e. The summed E-state index contributed by atoms with van der Waals surface area (Å²) in [5, 5.41) is 0. The van der Waals surface area contributed by atoms with Crippen molar-refractivity contribution in [2.75, 3.05) is 0 Å². The van der Waals surface area contributed by atoms with Crippen molar-refractivity contribution in [2.24, 2.45) is 0 Å². The van der Waals surface area contributed by atoms with Gasteiger partial charge in [0.2, 0.25) is 0 Å². The van der Waals surface area contributed by atoms with Gasteiger partial charge in [0.05, 0.1) is 12.2 Å². The minimum absolute atomic E-state index is 0.0920. The van der Waals surface area contributed by atoms with E-state index in [1.54, 1.807) is 0 Å².